The number of ether oxygens (including phenoxy) is 2. The Hall–Kier alpha value is -2.85. The van der Waals surface area contributed by atoms with Crippen LogP contribution in [0.25, 0.3) is 0 Å². The molecule has 6 nitrogen and oxygen atoms in total. The normalized spacial score (nSPS) is 20.6. The minimum atomic E-state index is -4.67. The molecule has 0 spiro atoms. The van der Waals surface area contributed by atoms with E-state index in [1.807, 2.05) is 0 Å². The van der Waals surface area contributed by atoms with Gasteiger partial charge in [0.15, 0.2) is 11.5 Å². The summed E-state index contributed by atoms with van der Waals surface area (Å²) in [6.07, 6.45) is -3.09. The summed E-state index contributed by atoms with van der Waals surface area (Å²) in [5.41, 5.74) is -1.86. The molecule has 0 radical (unpaired) electrons. The van der Waals surface area contributed by atoms with Crippen LogP contribution in [0.2, 0.25) is 0 Å². The number of nitrogens with zero attached hydrogens (tertiary/aromatic N) is 1. The SMILES string of the molecule is O=C(N[C@H](CN1CCCC1)[C@H](O)c1ccc2c(c1)OCCO2)C1(c2ccc(C(F)(F)F)cc2F)CC1. The molecule has 194 valence electrons. The summed E-state index contributed by atoms with van der Waals surface area (Å²) in [6.45, 7) is 2.87. The van der Waals surface area contributed by atoms with Crippen molar-refractivity contribution < 1.29 is 36.9 Å². The third-order valence-corrected chi connectivity index (χ3v) is 7.26. The van der Waals surface area contributed by atoms with Crippen molar-refractivity contribution in [3.63, 3.8) is 0 Å². The van der Waals surface area contributed by atoms with Gasteiger partial charge in [0.2, 0.25) is 5.91 Å². The van der Waals surface area contributed by atoms with Crippen molar-refractivity contribution in [1.82, 2.24) is 10.2 Å². The molecule has 2 aromatic rings. The van der Waals surface area contributed by atoms with Crippen LogP contribution >= 0.6 is 0 Å². The molecular weight excluding hydrogens is 480 g/mol. The van der Waals surface area contributed by atoms with Crippen LogP contribution in [0.5, 0.6) is 11.5 Å². The number of nitrogens with one attached hydrogen (secondary N) is 1. The third-order valence-electron chi connectivity index (χ3n) is 7.26. The van der Waals surface area contributed by atoms with Gasteiger partial charge < -0.3 is 24.8 Å². The highest BCUT2D eigenvalue weighted by molar-refractivity contribution is 5.91. The minimum Gasteiger partial charge on any atom is -0.486 e. The maximum Gasteiger partial charge on any atom is 0.416 e. The first-order valence-corrected chi connectivity index (χ1v) is 12.2. The lowest BCUT2D eigenvalue weighted by Crippen LogP contribution is -2.50. The first kappa shape index (κ1) is 24.8. The van der Waals surface area contributed by atoms with E-state index in [4.69, 9.17) is 9.47 Å². The monoisotopic (exact) mass is 508 g/mol. The van der Waals surface area contributed by atoms with Crippen LogP contribution in [0, 0.1) is 5.82 Å². The van der Waals surface area contributed by atoms with E-state index in [-0.39, 0.29) is 5.56 Å². The van der Waals surface area contributed by atoms with Gasteiger partial charge in [-0.1, -0.05) is 12.1 Å². The summed E-state index contributed by atoms with van der Waals surface area (Å²) in [4.78, 5) is 15.6. The van der Waals surface area contributed by atoms with E-state index in [0.29, 0.717) is 55.7 Å². The molecule has 5 rings (SSSR count). The Kier molecular flexibility index (Phi) is 6.59. The van der Waals surface area contributed by atoms with Gasteiger partial charge in [-0.2, -0.15) is 13.2 Å². The lowest BCUT2D eigenvalue weighted by molar-refractivity contribution is -0.137. The van der Waals surface area contributed by atoms with E-state index in [9.17, 15) is 27.5 Å². The van der Waals surface area contributed by atoms with Crippen molar-refractivity contribution in [3.05, 3.63) is 58.9 Å². The number of amides is 1. The molecule has 1 saturated heterocycles. The highest BCUT2D eigenvalue weighted by Gasteiger charge is 2.53. The van der Waals surface area contributed by atoms with Gasteiger partial charge in [-0.3, -0.25) is 4.79 Å². The predicted molar refractivity (Wildman–Crippen MR) is 122 cm³/mol. The van der Waals surface area contributed by atoms with Gasteiger partial charge in [0.25, 0.3) is 0 Å². The Morgan fingerprint density at radius 1 is 1.06 bits per heavy atom. The number of carbonyl (C=O) groups is 1. The summed E-state index contributed by atoms with van der Waals surface area (Å²) in [6, 6.07) is 6.69. The molecule has 10 heteroatoms. The highest BCUT2D eigenvalue weighted by Crippen LogP contribution is 2.50. The van der Waals surface area contributed by atoms with Gasteiger partial charge in [-0.15, -0.1) is 0 Å². The quantitative estimate of drug-likeness (QED) is 0.555. The number of alkyl halides is 3. The second-order valence-electron chi connectivity index (χ2n) is 9.71. The summed E-state index contributed by atoms with van der Waals surface area (Å²) in [5.74, 6) is -0.468. The molecule has 2 aromatic carbocycles. The molecule has 2 heterocycles. The molecule has 36 heavy (non-hydrogen) atoms. The molecule has 0 aromatic heterocycles. The number of fused-ring (bicyclic) bond motifs is 1. The van der Waals surface area contributed by atoms with Crippen molar-refractivity contribution in [1.29, 1.82) is 0 Å². The molecule has 1 aliphatic carbocycles. The lowest BCUT2D eigenvalue weighted by atomic mass is 9.92. The Morgan fingerprint density at radius 2 is 1.75 bits per heavy atom. The summed E-state index contributed by atoms with van der Waals surface area (Å²) in [7, 11) is 0. The van der Waals surface area contributed by atoms with Gasteiger partial charge in [-0.25, -0.2) is 4.39 Å². The van der Waals surface area contributed by atoms with Crippen LogP contribution in [-0.2, 0) is 16.4 Å². The number of aliphatic hydroxyl groups is 1. The van der Waals surface area contributed by atoms with Gasteiger partial charge >= 0.3 is 6.18 Å². The fourth-order valence-corrected chi connectivity index (χ4v) is 5.07. The van der Waals surface area contributed by atoms with Crippen molar-refractivity contribution in [2.75, 3.05) is 32.8 Å². The number of hydrogen-bond donors (Lipinski definition) is 2. The number of halogens is 4. The first-order valence-electron chi connectivity index (χ1n) is 12.2. The Balaban J connectivity index is 1.38. The molecule has 1 amide bonds. The molecule has 2 atom stereocenters. The smallest absolute Gasteiger partial charge is 0.416 e. The summed E-state index contributed by atoms with van der Waals surface area (Å²) in [5, 5.41) is 14.2. The fourth-order valence-electron chi connectivity index (χ4n) is 5.07. The minimum absolute atomic E-state index is 0.0539. The predicted octanol–water partition coefficient (Wildman–Crippen LogP) is 3.96. The van der Waals surface area contributed by atoms with Crippen LogP contribution in [0.3, 0.4) is 0 Å². The van der Waals surface area contributed by atoms with Gasteiger partial charge in [0, 0.05) is 12.1 Å². The molecule has 2 aliphatic heterocycles. The number of benzene rings is 2. The van der Waals surface area contributed by atoms with Crippen molar-refractivity contribution in [2.45, 2.75) is 49.4 Å². The average molecular weight is 509 g/mol. The number of carbonyl (C=O) groups excluding carboxylic acids is 1. The zero-order valence-electron chi connectivity index (χ0n) is 19.6. The Bertz CT molecular complexity index is 1130. The van der Waals surface area contributed by atoms with Crippen LogP contribution in [0.1, 0.15) is 48.5 Å². The summed E-state index contributed by atoms with van der Waals surface area (Å²) >= 11 is 0. The second-order valence-corrected chi connectivity index (χ2v) is 9.71. The van der Waals surface area contributed by atoms with Crippen LogP contribution < -0.4 is 14.8 Å². The largest absolute Gasteiger partial charge is 0.486 e. The standard InChI is InChI=1S/C26H28F4N2O4/c27-19-14-17(26(28,29)30)4-5-18(19)25(7-8-25)24(34)31-20(15-32-9-1-2-10-32)23(33)16-3-6-21-22(13-16)36-12-11-35-21/h3-6,13-14,20,23,33H,1-2,7-12,15H2,(H,31,34)/t20-,23-/m1/s1. The van der Waals surface area contributed by atoms with Crippen LogP contribution in [0.4, 0.5) is 17.6 Å². The van der Waals surface area contributed by atoms with Gasteiger partial charge in [-0.05, 0) is 68.6 Å². The molecular formula is C26H28F4N2O4. The summed E-state index contributed by atoms with van der Waals surface area (Å²) < 4.78 is 64.9. The maximum absolute atomic E-state index is 14.8. The van der Waals surface area contributed by atoms with E-state index in [2.05, 4.69) is 10.2 Å². The Labute approximate surface area is 206 Å². The van der Waals surface area contributed by atoms with E-state index in [1.54, 1.807) is 18.2 Å². The number of rotatable bonds is 7. The molecule has 0 bridgehead atoms. The topological polar surface area (TPSA) is 71.0 Å². The zero-order valence-corrected chi connectivity index (χ0v) is 19.6. The van der Waals surface area contributed by atoms with Crippen LogP contribution in [0.15, 0.2) is 36.4 Å². The molecule has 0 unspecified atom stereocenters. The van der Waals surface area contributed by atoms with Crippen molar-refractivity contribution >= 4 is 5.91 Å². The zero-order chi connectivity index (χ0) is 25.5. The van der Waals surface area contributed by atoms with E-state index in [0.717, 1.165) is 38.1 Å². The fraction of sp³-hybridized carbons (Fsp3) is 0.500. The molecule has 1 saturated carbocycles. The van der Waals surface area contributed by atoms with E-state index >= 15 is 0 Å². The number of aliphatic hydroxyl groups excluding tert-OH is 1. The Morgan fingerprint density at radius 3 is 2.39 bits per heavy atom. The third kappa shape index (κ3) is 4.88. The number of likely N-dealkylation sites (tertiary alicyclic amines) is 1. The van der Waals surface area contributed by atoms with E-state index < -0.39 is 41.0 Å². The van der Waals surface area contributed by atoms with E-state index in [1.165, 1.54) is 0 Å². The van der Waals surface area contributed by atoms with Crippen LogP contribution in [-0.4, -0.2) is 54.8 Å². The van der Waals surface area contributed by atoms with Crippen molar-refractivity contribution in [2.24, 2.45) is 0 Å². The maximum atomic E-state index is 14.8. The second kappa shape index (κ2) is 9.55. The number of hydrogen-bond acceptors (Lipinski definition) is 5. The van der Waals surface area contributed by atoms with Gasteiger partial charge in [0.05, 0.1) is 17.0 Å². The molecule has 2 fully saturated rings. The molecule has 2 N–H and O–H groups in total. The van der Waals surface area contributed by atoms with Gasteiger partial charge in [0.1, 0.15) is 25.1 Å². The highest BCUT2D eigenvalue weighted by atomic mass is 19.4. The molecule has 3 aliphatic rings. The average Bonchev–Trinajstić information content (AvgIpc) is 3.50. The van der Waals surface area contributed by atoms with Crippen molar-refractivity contribution in [3.8, 4) is 11.5 Å². The first-order chi connectivity index (χ1) is 17.2. The lowest BCUT2D eigenvalue weighted by Gasteiger charge is -2.31.